The van der Waals surface area contributed by atoms with E-state index in [0.717, 1.165) is 18.7 Å². The lowest BCUT2D eigenvalue weighted by Crippen LogP contribution is -2.13. The Morgan fingerprint density at radius 3 is 2.91 bits per heavy atom. The van der Waals surface area contributed by atoms with Crippen molar-refractivity contribution < 1.29 is 0 Å². The molecule has 5 heteroatoms. The number of aromatic nitrogens is 3. The van der Waals surface area contributed by atoms with Gasteiger partial charge in [0, 0.05) is 53.9 Å². The highest BCUT2D eigenvalue weighted by atomic mass is 35.5. The summed E-state index contributed by atoms with van der Waals surface area (Å²) < 4.78 is 2.22. The van der Waals surface area contributed by atoms with Gasteiger partial charge in [0.05, 0.1) is 0 Å². The van der Waals surface area contributed by atoms with Crippen molar-refractivity contribution in [2.24, 2.45) is 7.05 Å². The maximum atomic E-state index is 6.21. The molecule has 0 bridgehead atoms. The number of benzene rings is 1. The maximum Gasteiger partial charge on any atom is 0.155 e. The fourth-order valence-electron chi connectivity index (χ4n) is 3.21. The number of nitrogens with zero attached hydrogens (tertiary/aromatic N) is 2. The summed E-state index contributed by atoms with van der Waals surface area (Å²) in [7, 11) is 2.11. The molecule has 0 saturated heterocycles. The van der Waals surface area contributed by atoms with Crippen molar-refractivity contribution in [2.45, 2.75) is 38.8 Å². The molecular formula is C18H21ClN4. The molecule has 120 valence electrons. The van der Waals surface area contributed by atoms with Gasteiger partial charge in [0.2, 0.25) is 0 Å². The van der Waals surface area contributed by atoms with Gasteiger partial charge in [-0.1, -0.05) is 17.7 Å². The molecule has 0 unspecified atom stereocenters. The van der Waals surface area contributed by atoms with E-state index in [1.807, 2.05) is 0 Å². The van der Waals surface area contributed by atoms with E-state index in [9.17, 15) is 0 Å². The van der Waals surface area contributed by atoms with Crippen molar-refractivity contribution >= 4 is 22.5 Å². The third kappa shape index (κ3) is 2.77. The summed E-state index contributed by atoms with van der Waals surface area (Å²) in [5.74, 6) is 0.635. The van der Waals surface area contributed by atoms with Crippen molar-refractivity contribution in [3.05, 3.63) is 51.9 Å². The molecule has 0 spiro atoms. The van der Waals surface area contributed by atoms with Gasteiger partial charge in [0.25, 0.3) is 0 Å². The number of halogens is 1. The molecule has 0 amide bonds. The molecule has 2 heterocycles. The topological polar surface area (TPSA) is 45.6 Å². The van der Waals surface area contributed by atoms with E-state index < -0.39 is 0 Å². The lowest BCUT2D eigenvalue weighted by atomic mass is 10.1. The van der Waals surface area contributed by atoms with Crippen molar-refractivity contribution in [1.82, 2.24) is 20.1 Å². The van der Waals surface area contributed by atoms with Crippen LogP contribution in [0.3, 0.4) is 0 Å². The second kappa shape index (κ2) is 5.69. The highest BCUT2D eigenvalue weighted by molar-refractivity contribution is 6.30. The summed E-state index contributed by atoms with van der Waals surface area (Å²) in [6.45, 7) is 3.72. The number of fused-ring (bicyclic) bond motifs is 1. The minimum atomic E-state index is 0.605. The van der Waals surface area contributed by atoms with Crippen molar-refractivity contribution in [3.63, 3.8) is 0 Å². The summed E-state index contributed by atoms with van der Waals surface area (Å²) in [6, 6.07) is 8.87. The summed E-state index contributed by atoms with van der Waals surface area (Å²) in [5.41, 5.74) is 6.20. The number of hydrogen-bond donors (Lipinski definition) is 2. The average molecular weight is 329 g/mol. The fraction of sp³-hybridized carbons (Fsp3) is 0.389. The molecule has 4 nitrogen and oxygen atoms in total. The van der Waals surface area contributed by atoms with Crippen LogP contribution in [-0.2, 0) is 20.1 Å². The van der Waals surface area contributed by atoms with Crippen LogP contribution in [0.5, 0.6) is 0 Å². The van der Waals surface area contributed by atoms with Gasteiger partial charge >= 0.3 is 0 Å². The molecule has 1 aliphatic rings. The third-order valence-corrected chi connectivity index (χ3v) is 5.12. The highest BCUT2D eigenvalue weighted by Gasteiger charge is 2.29. The number of H-pyrrole nitrogens is 1. The zero-order valence-electron chi connectivity index (χ0n) is 13.5. The molecule has 2 N–H and O–H groups in total. The van der Waals surface area contributed by atoms with E-state index >= 15 is 0 Å². The standard InChI is InChI=1S/C18H21ClN4/c1-11-7-14-8-12(3-6-16(14)23(11)2)9-20-10-15-17(13-4-5-13)21-22-18(15)19/h3,6-8,13,20H,4-5,9-10H2,1-2H3,(H,21,22). The first-order chi connectivity index (χ1) is 11.1. The third-order valence-electron chi connectivity index (χ3n) is 4.81. The lowest BCUT2D eigenvalue weighted by Gasteiger charge is -2.07. The van der Waals surface area contributed by atoms with Crippen molar-refractivity contribution in [3.8, 4) is 0 Å². The van der Waals surface area contributed by atoms with E-state index in [-0.39, 0.29) is 0 Å². The molecule has 2 aromatic heterocycles. The maximum absolute atomic E-state index is 6.21. The van der Waals surface area contributed by atoms with Gasteiger partial charge in [0.15, 0.2) is 5.15 Å². The summed E-state index contributed by atoms with van der Waals surface area (Å²) in [5, 5.41) is 12.7. The second-order valence-corrected chi connectivity index (χ2v) is 6.88. The van der Waals surface area contributed by atoms with Crippen molar-refractivity contribution in [2.75, 3.05) is 0 Å². The van der Waals surface area contributed by atoms with E-state index in [0.29, 0.717) is 11.1 Å². The Balaban J connectivity index is 1.46. The SMILES string of the molecule is Cc1cc2cc(CNCc3c(Cl)n[nH]c3C3CC3)ccc2n1C. The first-order valence-electron chi connectivity index (χ1n) is 8.12. The van der Waals surface area contributed by atoms with Gasteiger partial charge in [-0.2, -0.15) is 5.10 Å². The Hall–Kier alpha value is -1.78. The van der Waals surface area contributed by atoms with E-state index in [1.165, 1.54) is 40.7 Å². The van der Waals surface area contributed by atoms with Crippen LogP contribution in [-0.4, -0.2) is 14.8 Å². The number of aryl methyl sites for hydroxylation is 2. The predicted octanol–water partition coefficient (Wildman–Crippen LogP) is 4.03. The fourth-order valence-corrected chi connectivity index (χ4v) is 3.42. The van der Waals surface area contributed by atoms with Crippen LogP contribution in [0.15, 0.2) is 24.3 Å². The minimum absolute atomic E-state index is 0.605. The molecule has 1 fully saturated rings. The van der Waals surface area contributed by atoms with Crippen LogP contribution < -0.4 is 5.32 Å². The molecule has 1 aromatic carbocycles. The van der Waals surface area contributed by atoms with Gasteiger partial charge in [0.1, 0.15) is 0 Å². The number of hydrogen-bond acceptors (Lipinski definition) is 2. The zero-order chi connectivity index (χ0) is 16.0. The van der Waals surface area contributed by atoms with E-state index in [2.05, 4.69) is 58.3 Å². The number of nitrogens with one attached hydrogen (secondary N) is 2. The Morgan fingerprint density at radius 2 is 2.13 bits per heavy atom. The van der Waals surface area contributed by atoms with Crippen LogP contribution in [0.4, 0.5) is 0 Å². The average Bonchev–Trinajstić information content (AvgIpc) is 3.26. The van der Waals surface area contributed by atoms with E-state index in [4.69, 9.17) is 11.6 Å². The normalized spacial score (nSPS) is 14.7. The number of rotatable bonds is 5. The van der Waals surface area contributed by atoms with Gasteiger partial charge in [-0.25, -0.2) is 0 Å². The van der Waals surface area contributed by atoms with Gasteiger partial charge in [-0.15, -0.1) is 0 Å². The first kappa shape index (κ1) is 14.8. The van der Waals surface area contributed by atoms with E-state index in [1.54, 1.807) is 0 Å². The smallest absolute Gasteiger partial charge is 0.155 e. The van der Waals surface area contributed by atoms with Gasteiger partial charge in [-0.05, 0) is 43.5 Å². The molecule has 1 saturated carbocycles. The first-order valence-corrected chi connectivity index (χ1v) is 8.49. The summed E-state index contributed by atoms with van der Waals surface area (Å²) in [6.07, 6.45) is 2.49. The minimum Gasteiger partial charge on any atom is -0.348 e. The molecule has 4 rings (SSSR count). The number of aromatic amines is 1. The Kier molecular flexibility index (Phi) is 3.66. The molecule has 0 radical (unpaired) electrons. The molecule has 0 atom stereocenters. The lowest BCUT2D eigenvalue weighted by molar-refractivity contribution is 0.688. The largest absolute Gasteiger partial charge is 0.348 e. The van der Waals surface area contributed by atoms with Crippen LogP contribution in [0, 0.1) is 6.92 Å². The quantitative estimate of drug-likeness (QED) is 0.742. The molecule has 0 aliphatic heterocycles. The monoisotopic (exact) mass is 328 g/mol. The zero-order valence-corrected chi connectivity index (χ0v) is 14.2. The Bertz CT molecular complexity index is 857. The summed E-state index contributed by atoms with van der Waals surface area (Å²) in [4.78, 5) is 0. The van der Waals surface area contributed by atoms with Crippen LogP contribution >= 0.6 is 11.6 Å². The van der Waals surface area contributed by atoms with Crippen LogP contribution in [0.2, 0.25) is 5.15 Å². The molecule has 3 aromatic rings. The molecule has 23 heavy (non-hydrogen) atoms. The van der Waals surface area contributed by atoms with Crippen molar-refractivity contribution in [1.29, 1.82) is 0 Å². The summed E-state index contributed by atoms with van der Waals surface area (Å²) >= 11 is 6.21. The highest BCUT2D eigenvalue weighted by Crippen LogP contribution is 2.41. The van der Waals surface area contributed by atoms with Crippen LogP contribution in [0.25, 0.3) is 10.9 Å². The Morgan fingerprint density at radius 1 is 1.30 bits per heavy atom. The molecule has 1 aliphatic carbocycles. The van der Waals surface area contributed by atoms with Gasteiger partial charge < -0.3 is 9.88 Å². The second-order valence-electron chi connectivity index (χ2n) is 6.52. The Labute approximate surface area is 140 Å². The molecular weight excluding hydrogens is 308 g/mol. The van der Waals surface area contributed by atoms with Crippen LogP contribution in [0.1, 0.15) is 41.3 Å². The predicted molar refractivity (Wildman–Crippen MR) is 93.8 cm³/mol. The van der Waals surface area contributed by atoms with Gasteiger partial charge in [-0.3, -0.25) is 5.10 Å².